The van der Waals surface area contributed by atoms with Crippen molar-refractivity contribution in [3.8, 4) is 11.8 Å². The number of aromatic nitrogens is 1. The fourth-order valence-electron chi connectivity index (χ4n) is 3.33. The molecule has 0 aromatic carbocycles. The van der Waals surface area contributed by atoms with Gasteiger partial charge in [0.25, 0.3) is 0 Å². The second-order valence-corrected chi connectivity index (χ2v) is 9.12. The fraction of sp³-hybridized carbons (Fsp3) is 0.706. The molecule has 1 aliphatic carbocycles. The number of halogens is 1. The van der Waals surface area contributed by atoms with E-state index in [0.29, 0.717) is 37.4 Å². The first-order chi connectivity index (χ1) is 12.4. The van der Waals surface area contributed by atoms with Crippen LogP contribution in [0.3, 0.4) is 0 Å². The van der Waals surface area contributed by atoms with Gasteiger partial charge in [-0.1, -0.05) is 0 Å². The first kappa shape index (κ1) is 17.9. The number of sulfonamides is 1. The lowest BCUT2D eigenvalue weighted by molar-refractivity contribution is 0.129. The topological polar surface area (TPSA) is 80.8 Å². The Morgan fingerprint density at radius 1 is 1.42 bits per heavy atom. The van der Waals surface area contributed by atoms with Gasteiger partial charge in [0.15, 0.2) is 0 Å². The van der Waals surface area contributed by atoms with E-state index < -0.39 is 21.8 Å². The zero-order valence-corrected chi connectivity index (χ0v) is 15.6. The number of fused-ring (bicyclic) bond motifs is 1. The van der Waals surface area contributed by atoms with Gasteiger partial charge in [-0.3, -0.25) is 4.90 Å². The highest BCUT2D eigenvalue weighted by Gasteiger charge is 2.49. The smallest absolute Gasteiger partial charge is 0.246 e. The number of alkyl halides is 1. The Morgan fingerprint density at radius 2 is 2.15 bits per heavy atom. The summed E-state index contributed by atoms with van der Waals surface area (Å²) in [5.41, 5.74) is 0.182. The summed E-state index contributed by atoms with van der Waals surface area (Å²) in [4.78, 5) is 6.59. The Balaban J connectivity index is 1.47. The van der Waals surface area contributed by atoms with E-state index in [-0.39, 0.29) is 17.3 Å². The van der Waals surface area contributed by atoms with E-state index in [1.165, 1.54) is 0 Å². The first-order valence-electron chi connectivity index (χ1n) is 9.06. The molecule has 3 aliphatic rings. The summed E-state index contributed by atoms with van der Waals surface area (Å²) in [6.07, 6.45) is 2.06. The number of rotatable bonds is 4. The Bertz CT molecular complexity index is 789. The van der Waals surface area contributed by atoms with Crippen LogP contribution in [0.4, 0.5) is 4.39 Å². The third-order valence-electron chi connectivity index (χ3n) is 5.26. The standard InChI is InChI=1S/C17H24FN3O4S/c1-12-10-14-16(25-17(4-5-17)11-19-26(14,22)23)20-15(12)24-9-8-21-6-2-13(18)3-7-21/h10,13,19H,2-9,11H2,1H3. The molecule has 0 bridgehead atoms. The Labute approximate surface area is 152 Å². The summed E-state index contributed by atoms with van der Waals surface area (Å²) in [6, 6.07) is 1.55. The summed E-state index contributed by atoms with van der Waals surface area (Å²) in [7, 11) is -3.63. The maximum Gasteiger partial charge on any atom is 0.246 e. The maximum absolute atomic E-state index is 13.2. The van der Waals surface area contributed by atoms with Crippen LogP contribution in [0.1, 0.15) is 31.2 Å². The Kier molecular flexibility index (Phi) is 4.56. The Morgan fingerprint density at radius 3 is 2.85 bits per heavy atom. The summed E-state index contributed by atoms with van der Waals surface area (Å²) in [5.74, 6) is 0.503. The van der Waals surface area contributed by atoms with Crippen molar-refractivity contribution in [3.05, 3.63) is 11.6 Å². The van der Waals surface area contributed by atoms with E-state index in [4.69, 9.17) is 9.47 Å². The van der Waals surface area contributed by atoms with E-state index in [1.54, 1.807) is 13.0 Å². The largest absolute Gasteiger partial charge is 0.476 e. The molecular formula is C17H24FN3O4S. The van der Waals surface area contributed by atoms with E-state index >= 15 is 0 Å². The summed E-state index contributed by atoms with van der Waals surface area (Å²) >= 11 is 0. The molecule has 2 aliphatic heterocycles. The minimum Gasteiger partial charge on any atom is -0.476 e. The van der Waals surface area contributed by atoms with Gasteiger partial charge in [-0.2, -0.15) is 4.98 Å². The van der Waals surface area contributed by atoms with Crippen LogP contribution in [0.2, 0.25) is 0 Å². The van der Waals surface area contributed by atoms with Gasteiger partial charge in [0.1, 0.15) is 23.3 Å². The number of likely N-dealkylation sites (tertiary alicyclic amines) is 1. The van der Waals surface area contributed by atoms with Gasteiger partial charge < -0.3 is 9.47 Å². The minimum absolute atomic E-state index is 0.0659. The normalized spacial score (nSPS) is 24.5. The maximum atomic E-state index is 13.2. The number of nitrogens with zero attached hydrogens (tertiary/aromatic N) is 2. The third kappa shape index (κ3) is 3.65. The molecule has 1 saturated carbocycles. The van der Waals surface area contributed by atoms with E-state index in [9.17, 15) is 12.8 Å². The number of ether oxygens (including phenoxy) is 2. The van der Waals surface area contributed by atoms with Gasteiger partial charge in [0, 0.05) is 25.2 Å². The zero-order valence-electron chi connectivity index (χ0n) is 14.8. The van der Waals surface area contributed by atoms with Gasteiger partial charge in [-0.15, -0.1) is 0 Å². The predicted molar refractivity (Wildman–Crippen MR) is 92.8 cm³/mol. The number of pyridine rings is 1. The quantitative estimate of drug-likeness (QED) is 0.844. The van der Waals surface area contributed by atoms with Crippen molar-refractivity contribution in [2.45, 2.75) is 49.3 Å². The van der Waals surface area contributed by atoms with Crippen LogP contribution >= 0.6 is 0 Å². The molecule has 144 valence electrons. The zero-order chi connectivity index (χ0) is 18.4. The van der Waals surface area contributed by atoms with Crippen LogP contribution in [0.5, 0.6) is 11.8 Å². The monoisotopic (exact) mass is 385 g/mol. The van der Waals surface area contributed by atoms with Crippen molar-refractivity contribution in [1.82, 2.24) is 14.6 Å². The van der Waals surface area contributed by atoms with Crippen LogP contribution in [-0.2, 0) is 10.0 Å². The van der Waals surface area contributed by atoms with Gasteiger partial charge >= 0.3 is 0 Å². The van der Waals surface area contributed by atoms with E-state index in [2.05, 4.69) is 14.6 Å². The van der Waals surface area contributed by atoms with Crippen LogP contribution < -0.4 is 14.2 Å². The van der Waals surface area contributed by atoms with Gasteiger partial charge in [-0.05, 0) is 38.7 Å². The van der Waals surface area contributed by atoms with Gasteiger partial charge in [-0.25, -0.2) is 17.5 Å². The fourth-order valence-corrected chi connectivity index (χ4v) is 4.59. The number of aryl methyl sites for hydroxylation is 1. The molecule has 3 heterocycles. The molecule has 0 unspecified atom stereocenters. The molecule has 0 radical (unpaired) electrons. The molecule has 0 atom stereocenters. The molecule has 7 nitrogen and oxygen atoms in total. The number of nitrogens with one attached hydrogen (secondary N) is 1. The van der Waals surface area contributed by atoms with Gasteiger partial charge in [0.2, 0.25) is 21.8 Å². The van der Waals surface area contributed by atoms with Gasteiger partial charge in [0.05, 0.1) is 6.54 Å². The predicted octanol–water partition coefficient (Wildman–Crippen LogP) is 1.41. The summed E-state index contributed by atoms with van der Waals surface area (Å²) in [5, 5.41) is 0. The minimum atomic E-state index is -3.63. The second kappa shape index (κ2) is 6.61. The van der Waals surface area contributed by atoms with Crippen molar-refractivity contribution in [1.29, 1.82) is 0 Å². The summed E-state index contributed by atoms with van der Waals surface area (Å²) in [6.45, 7) is 4.61. The average Bonchev–Trinajstić information content (AvgIpc) is 3.38. The number of hydrogen-bond donors (Lipinski definition) is 1. The van der Waals surface area contributed by atoms with Crippen LogP contribution in [0.15, 0.2) is 11.0 Å². The van der Waals surface area contributed by atoms with Crippen molar-refractivity contribution in [2.24, 2.45) is 0 Å². The average molecular weight is 385 g/mol. The lowest BCUT2D eigenvalue weighted by atomic mass is 10.1. The van der Waals surface area contributed by atoms with Crippen molar-refractivity contribution >= 4 is 10.0 Å². The van der Waals surface area contributed by atoms with Crippen molar-refractivity contribution in [2.75, 3.05) is 32.8 Å². The van der Waals surface area contributed by atoms with Crippen LogP contribution in [0.25, 0.3) is 0 Å². The SMILES string of the molecule is Cc1cc2c(nc1OCCN1CCC(F)CC1)OC1(CC1)CNS2(=O)=O. The lowest BCUT2D eigenvalue weighted by Crippen LogP contribution is -2.37. The lowest BCUT2D eigenvalue weighted by Gasteiger charge is -2.28. The molecular weight excluding hydrogens is 361 g/mol. The molecule has 1 aromatic heterocycles. The molecule has 4 rings (SSSR count). The highest BCUT2D eigenvalue weighted by atomic mass is 32.2. The highest BCUT2D eigenvalue weighted by molar-refractivity contribution is 7.89. The second-order valence-electron chi connectivity index (χ2n) is 7.39. The molecule has 2 fully saturated rings. The Hall–Kier alpha value is -1.45. The van der Waals surface area contributed by atoms with Crippen molar-refractivity contribution in [3.63, 3.8) is 0 Å². The number of piperidine rings is 1. The molecule has 26 heavy (non-hydrogen) atoms. The molecule has 1 saturated heterocycles. The van der Waals surface area contributed by atoms with Crippen LogP contribution in [0, 0.1) is 6.92 Å². The molecule has 9 heteroatoms. The van der Waals surface area contributed by atoms with E-state index in [1.807, 2.05) is 0 Å². The number of hydrogen-bond acceptors (Lipinski definition) is 6. The molecule has 1 spiro atoms. The van der Waals surface area contributed by atoms with Crippen LogP contribution in [-0.4, -0.2) is 62.9 Å². The molecule has 1 N–H and O–H groups in total. The molecule has 1 aromatic rings. The highest BCUT2D eigenvalue weighted by Crippen LogP contribution is 2.43. The third-order valence-corrected chi connectivity index (χ3v) is 6.65. The first-order valence-corrected chi connectivity index (χ1v) is 10.5. The van der Waals surface area contributed by atoms with Crippen molar-refractivity contribution < 1.29 is 22.3 Å². The molecule has 0 amide bonds. The van der Waals surface area contributed by atoms with E-state index in [0.717, 1.165) is 25.9 Å². The summed E-state index contributed by atoms with van der Waals surface area (Å²) < 4.78 is 52.3.